The van der Waals surface area contributed by atoms with Gasteiger partial charge in [-0.2, -0.15) is 0 Å². The minimum Gasteiger partial charge on any atom is -0.363 e. The molecule has 1 aliphatic heterocycles. The van der Waals surface area contributed by atoms with E-state index in [9.17, 15) is 8.78 Å². The highest BCUT2D eigenvalue weighted by molar-refractivity contribution is 5.50. The Morgan fingerprint density at radius 2 is 2.00 bits per heavy atom. The Labute approximate surface area is 120 Å². The third kappa shape index (κ3) is 3.11. The Kier molecular flexibility index (Phi) is 4.33. The lowest BCUT2D eigenvalue weighted by molar-refractivity contribution is 0.233. The molecular formula is C16H24F2N2. The summed E-state index contributed by atoms with van der Waals surface area (Å²) >= 11 is 0. The summed E-state index contributed by atoms with van der Waals surface area (Å²) < 4.78 is 27.2. The molecule has 0 bridgehead atoms. The molecular weight excluding hydrogens is 258 g/mol. The molecule has 1 heterocycles. The molecule has 2 nitrogen and oxygen atoms in total. The van der Waals surface area contributed by atoms with Crippen LogP contribution in [0.25, 0.3) is 0 Å². The Hall–Kier alpha value is -1.16. The summed E-state index contributed by atoms with van der Waals surface area (Å²) in [5.41, 5.74) is 0.613. The van der Waals surface area contributed by atoms with Crippen LogP contribution >= 0.6 is 0 Å². The summed E-state index contributed by atoms with van der Waals surface area (Å²) in [5.74, 6) is -1.00. The number of hydrogen-bond donors (Lipinski definition) is 1. The third-order valence-electron chi connectivity index (χ3n) is 4.16. The standard InChI is InChI=1S/C16H24F2N2/c1-5-12-9-19-15(16(2,3)4)10-20(12)14-7-6-11(17)8-13(14)18/h6-8,12,15,19H,5,9-10H2,1-4H3. The molecule has 1 fully saturated rings. The van der Waals surface area contributed by atoms with E-state index in [1.807, 2.05) is 0 Å². The number of benzene rings is 1. The van der Waals surface area contributed by atoms with E-state index in [1.165, 1.54) is 6.07 Å². The molecule has 20 heavy (non-hydrogen) atoms. The molecule has 1 aromatic carbocycles. The van der Waals surface area contributed by atoms with Crippen molar-refractivity contribution in [1.29, 1.82) is 0 Å². The minimum absolute atomic E-state index is 0.105. The van der Waals surface area contributed by atoms with Gasteiger partial charge in [0, 0.05) is 31.2 Å². The lowest BCUT2D eigenvalue weighted by Crippen LogP contribution is -2.60. The maximum atomic E-state index is 14.1. The van der Waals surface area contributed by atoms with Gasteiger partial charge in [-0.05, 0) is 24.0 Å². The summed E-state index contributed by atoms with van der Waals surface area (Å²) in [6, 6.07) is 4.39. The summed E-state index contributed by atoms with van der Waals surface area (Å²) in [7, 11) is 0. The van der Waals surface area contributed by atoms with Gasteiger partial charge in [-0.1, -0.05) is 27.7 Å². The molecule has 0 saturated carbocycles. The number of halogens is 2. The Morgan fingerprint density at radius 3 is 2.55 bits per heavy atom. The van der Waals surface area contributed by atoms with Crippen LogP contribution in [0.4, 0.5) is 14.5 Å². The van der Waals surface area contributed by atoms with Gasteiger partial charge in [-0.25, -0.2) is 8.78 Å². The van der Waals surface area contributed by atoms with Crippen LogP contribution in [0, 0.1) is 17.0 Å². The average molecular weight is 282 g/mol. The molecule has 2 rings (SSSR count). The second-order valence-corrected chi connectivity index (χ2v) is 6.64. The van der Waals surface area contributed by atoms with Gasteiger partial charge in [0.25, 0.3) is 0 Å². The van der Waals surface area contributed by atoms with Gasteiger partial charge in [0.05, 0.1) is 5.69 Å². The SMILES string of the molecule is CCC1CNC(C(C)(C)C)CN1c1ccc(F)cc1F. The molecule has 0 radical (unpaired) electrons. The van der Waals surface area contributed by atoms with Crippen molar-refractivity contribution >= 4 is 5.69 Å². The lowest BCUT2D eigenvalue weighted by Gasteiger charge is -2.46. The fourth-order valence-electron chi connectivity index (χ4n) is 2.75. The second-order valence-electron chi connectivity index (χ2n) is 6.64. The van der Waals surface area contributed by atoms with Crippen LogP contribution < -0.4 is 10.2 Å². The number of nitrogens with one attached hydrogen (secondary N) is 1. The summed E-state index contributed by atoms with van der Waals surface area (Å²) in [6.45, 7) is 10.2. The largest absolute Gasteiger partial charge is 0.363 e. The molecule has 0 aliphatic carbocycles. The fourth-order valence-corrected chi connectivity index (χ4v) is 2.75. The van der Waals surface area contributed by atoms with Gasteiger partial charge in [-0.15, -0.1) is 0 Å². The van der Waals surface area contributed by atoms with Crippen molar-refractivity contribution in [2.24, 2.45) is 5.41 Å². The van der Waals surface area contributed by atoms with E-state index in [2.05, 4.69) is 37.9 Å². The number of piperazine rings is 1. The predicted molar refractivity (Wildman–Crippen MR) is 79.0 cm³/mol. The number of rotatable bonds is 2. The first-order valence-corrected chi connectivity index (χ1v) is 7.28. The van der Waals surface area contributed by atoms with Crippen LogP contribution in [0.15, 0.2) is 18.2 Å². The zero-order valence-corrected chi connectivity index (χ0v) is 12.7. The van der Waals surface area contributed by atoms with Crippen LogP contribution in [0.1, 0.15) is 34.1 Å². The highest BCUT2D eigenvalue weighted by Crippen LogP contribution is 2.29. The van der Waals surface area contributed by atoms with E-state index >= 15 is 0 Å². The number of nitrogens with zero attached hydrogens (tertiary/aromatic N) is 1. The highest BCUT2D eigenvalue weighted by atomic mass is 19.1. The molecule has 112 valence electrons. The summed E-state index contributed by atoms with van der Waals surface area (Å²) in [5, 5.41) is 3.55. The topological polar surface area (TPSA) is 15.3 Å². The van der Waals surface area contributed by atoms with Crippen LogP contribution in [-0.2, 0) is 0 Å². The highest BCUT2D eigenvalue weighted by Gasteiger charge is 2.34. The van der Waals surface area contributed by atoms with Crippen molar-refractivity contribution in [2.45, 2.75) is 46.2 Å². The maximum absolute atomic E-state index is 14.1. The van der Waals surface area contributed by atoms with Crippen molar-refractivity contribution in [1.82, 2.24) is 5.32 Å². The van der Waals surface area contributed by atoms with Gasteiger partial charge in [0.1, 0.15) is 11.6 Å². The first kappa shape index (κ1) is 15.2. The zero-order chi connectivity index (χ0) is 14.9. The Morgan fingerprint density at radius 1 is 1.30 bits per heavy atom. The molecule has 1 N–H and O–H groups in total. The van der Waals surface area contributed by atoms with Crippen LogP contribution in [0.2, 0.25) is 0 Å². The Balaban J connectivity index is 2.29. The van der Waals surface area contributed by atoms with Crippen molar-refractivity contribution in [2.75, 3.05) is 18.0 Å². The van der Waals surface area contributed by atoms with Gasteiger partial charge in [-0.3, -0.25) is 0 Å². The van der Waals surface area contributed by atoms with Gasteiger partial charge < -0.3 is 10.2 Å². The zero-order valence-electron chi connectivity index (χ0n) is 12.7. The van der Waals surface area contributed by atoms with Gasteiger partial charge in [0.15, 0.2) is 0 Å². The normalized spacial score (nSPS) is 24.0. The third-order valence-corrected chi connectivity index (χ3v) is 4.16. The number of hydrogen-bond acceptors (Lipinski definition) is 2. The molecule has 1 aromatic rings. The van der Waals surface area contributed by atoms with Crippen molar-refractivity contribution in [3.8, 4) is 0 Å². The molecule has 2 atom stereocenters. The molecule has 1 saturated heterocycles. The van der Waals surface area contributed by atoms with E-state index in [0.29, 0.717) is 5.69 Å². The molecule has 0 spiro atoms. The molecule has 0 amide bonds. The first-order chi connectivity index (χ1) is 9.32. The van der Waals surface area contributed by atoms with E-state index in [4.69, 9.17) is 0 Å². The predicted octanol–water partition coefficient (Wildman–Crippen LogP) is 3.57. The van der Waals surface area contributed by atoms with E-state index in [1.54, 1.807) is 6.07 Å². The average Bonchev–Trinajstić information content (AvgIpc) is 2.37. The van der Waals surface area contributed by atoms with Crippen LogP contribution in [0.3, 0.4) is 0 Å². The van der Waals surface area contributed by atoms with Crippen LogP contribution in [0.5, 0.6) is 0 Å². The van der Waals surface area contributed by atoms with Gasteiger partial charge >= 0.3 is 0 Å². The van der Waals surface area contributed by atoms with Crippen molar-refractivity contribution in [3.05, 3.63) is 29.8 Å². The number of anilines is 1. The van der Waals surface area contributed by atoms with Crippen molar-refractivity contribution in [3.63, 3.8) is 0 Å². The fraction of sp³-hybridized carbons (Fsp3) is 0.625. The smallest absolute Gasteiger partial charge is 0.149 e. The molecule has 4 heteroatoms. The van der Waals surface area contributed by atoms with E-state index in [-0.39, 0.29) is 17.5 Å². The summed E-state index contributed by atoms with van der Waals surface area (Å²) in [4.78, 5) is 2.08. The summed E-state index contributed by atoms with van der Waals surface area (Å²) in [6.07, 6.45) is 0.931. The molecule has 1 aliphatic rings. The molecule has 2 unspecified atom stereocenters. The van der Waals surface area contributed by atoms with Crippen LogP contribution in [-0.4, -0.2) is 25.2 Å². The first-order valence-electron chi connectivity index (χ1n) is 7.28. The lowest BCUT2D eigenvalue weighted by atomic mass is 9.84. The minimum atomic E-state index is -0.526. The van der Waals surface area contributed by atoms with E-state index < -0.39 is 11.6 Å². The second kappa shape index (κ2) is 5.68. The Bertz CT molecular complexity index is 468. The van der Waals surface area contributed by atoms with Crippen molar-refractivity contribution < 1.29 is 8.78 Å². The van der Waals surface area contributed by atoms with E-state index in [0.717, 1.165) is 25.6 Å². The monoisotopic (exact) mass is 282 g/mol. The molecule has 0 aromatic heterocycles. The quantitative estimate of drug-likeness (QED) is 0.892. The van der Waals surface area contributed by atoms with Gasteiger partial charge in [0.2, 0.25) is 0 Å². The maximum Gasteiger partial charge on any atom is 0.149 e.